The molecule has 0 aliphatic heterocycles. The molecule has 0 aliphatic carbocycles. The van der Waals surface area contributed by atoms with E-state index in [1.54, 1.807) is 18.6 Å². The Hall–Kier alpha value is -3.35. The molecule has 0 saturated carbocycles. The summed E-state index contributed by atoms with van der Waals surface area (Å²) in [5, 5.41) is 11.9. The fraction of sp³-hybridized carbons (Fsp3) is 0.167. The van der Waals surface area contributed by atoms with Crippen LogP contribution in [-0.4, -0.2) is 19.9 Å². The van der Waals surface area contributed by atoms with Crippen LogP contribution in [0.25, 0.3) is 17.1 Å². The van der Waals surface area contributed by atoms with Gasteiger partial charge in [0.15, 0.2) is 0 Å². The number of benzene rings is 1. The van der Waals surface area contributed by atoms with Crippen LogP contribution in [-0.2, 0) is 6.54 Å². The molecular weight excluding hydrogens is 318 g/mol. The highest BCUT2D eigenvalue weighted by Gasteiger charge is 2.14. The summed E-state index contributed by atoms with van der Waals surface area (Å²) in [6.45, 7) is 4.42. The molecule has 1 aromatic carbocycles. The molecule has 25 heavy (non-hydrogen) atoms. The average Bonchev–Trinajstić information content (AvgIpc) is 3.35. The second kappa shape index (κ2) is 6.27. The number of para-hydroxylation sites is 1. The second-order valence-corrected chi connectivity index (χ2v) is 5.67. The van der Waals surface area contributed by atoms with E-state index in [-0.39, 0.29) is 0 Å². The predicted octanol–water partition coefficient (Wildman–Crippen LogP) is 3.74. The van der Waals surface area contributed by atoms with Gasteiger partial charge in [0.25, 0.3) is 0 Å². The first kappa shape index (κ1) is 15.2. The third kappa shape index (κ3) is 2.91. The first-order chi connectivity index (χ1) is 12.2. The molecule has 3 aromatic heterocycles. The Morgan fingerprint density at radius 1 is 1.12 bits per heavy atom. The van der Waals surface area contributed by atoms with Crippen molar-refractivity contribution in [1.82, 2.24) is 19.9 Å². The maximum atomic E-state index is 5.29. The summed E-state index contributed by atoms with van der Waals surface area (Å²) in [7, 11) is 0. The van der Waals surface area contributed by atoms with Crippen molar-refractivity contribution >= 4 is 5.69 Å². The first-order valence-electron chi connectivity index (χ1n) is 7.93. The van der Waals surface area contributed by atoms with Crippen molar-refractivity contribution < 1.29 is 8.94 Å². The van der Waals surface area contributed by atoms with Crippen LogP contribution in [0.3, 0.4) is 0 Å². The van der Waals surface area contributed by atoms with Crippen LogP contribution < -0.4 is 5.32 Å². The lowest BCUT2D eigenvalue weighted by molar-refractivity contribution is 0.384. The fourth-order valence-corrected chi connectivity index (χ4v) is 2.72. The molecule has 0 unspecified atom stereocenters. The SMILES string of the molecule is Cc1nn(-c2ccccc2)c(C)c1NCc1nc(-c2ccoc2)no1. The summed E-state index contributed by atoms with van der Waals surface area (Å²) in [6, 6.07) is 11.8. The number of aromatic nitrogens is 4. The van der Waals surface area contributed by atoms with Crippen molar-refractivity contribution in [3.63, 3.8) is 0 Å². The van der Waals surface area contributed by atoms with Crippen LogP contribution in [0.1, 0.15) is 17.3 Å². The van der Waals surface area contributed by atoms with Crippen LogP contribution in [0.15, 0.2) is 57.9 Å². The minimum absolute atomic E-state index is 0.424. The number of rotatable bonds is 5. The van der Waals surface area contributed by atoms with Crippen LogP contribution in [0.5, 0.6) is 0 Å². The molecule has 4 aromatic rings. The van der Waals surface area contributed by atoms with Gasteiger partial charge in [-0.25, -0.2) is 4.68 Å². The normalized spacial score (nSPS) is 11.0. The quantitative estimate of drug-likeness (QED) is 0.598. The van der Waals surface area contributed by atoms with Gasteiger partial charge in [0.2, 0.25) is 11.7 Å². The summed E-state index contributed by atoms with van der Waals surface area (Å²) < 4.78 is 12.2. The van der Waals surface area contributed by atoms with Gasteiger partial charge in [-0.2, -0.15) is 10.1 Å². The van der Waals surface area contributed by atoms with Crippen molar-refractivity contribution in [1.29, 1.82) is 0 Å². The molecule has 0 amide bonds. The molecule has 0 aliphatic rings. The monoisotopic (exact) mass is 335 g/mol. The maximum absolute atomic E-state index is 5.29. The Labute approximate surface area is 144 Å². The molecule has 0 radical (unpaired) electrons. The lowest BCUT2D eigenvalue weighted by Gasteiger charge is -2.06. The van der Waals surface area contributed by atoms with E-state index in [4.69, 9.17) is 8.94 Å². The molecule has 126 valence electrons. The number of nitrogens with one attached hydrogen (secondary N) is 1. The van der Waals surface area contributed by atoms with E-state index in [2.05, 4.69) is 20.6 Å². The van der Waals surface area contributed by atoms with Gasteiger partial charge in [-0.15, -0.1) is 0 Å². The minimum Gasteiger partial charge on any atom is -0.472 e. The summed E-state index contributed by atoms with van der Waals surface area (Å²) in [5.74, 6) is 1.02. The third-order valence-electron chi connectivity index (χ3n) is 3.96. The Bertz CT molecular complexity index is 971. The number of furan rings is 1. The molecule has 7 heteroatoms. The number of hydrogen-bond acceptors (Lipinski definition) is 6. The highest BCUT2D eigenvalue weighted by Crippen LogP contribution is 2.23. The minimum atomic E-state index is 0.424. The lowest BCUT2D eigenvalue weighted by Crippen LogP contribution is -2.03. The summed E-state index contributed by atoms with van der Waals surface area (Å²) >= 11 is 0. The van der Waals surface area contributed by atoms with Crippen molar-refractivity contribution in [3.8, 4) is 17.1 Å². The topological polar surface area (TPSA) is 81.9 Å². The van der Waals surface area contributed by atoms with Gasteiger partial charge >= 0.3 is 0 Å². The van der Waals surface area contributed by atoms with E-state index in [1.165, 1.54) is 0 Å². The van der Waals surface area contributed by atoms with Crippen molar-refractivity contribution in [3.05, 3.63) is 66.2 Å². The molecular formula is C18H17N5O2. The Balaban J connectivity index is 1.53. The molecule has 0 saturated heterocycles. The van der Waals surface area contributed by atoms with Gasteiger partial charge in [0.1, 0.15) is 6.26 Å². The van der Waals surface area contributed by atoms with E-state index < -0.39 is 0 Å². The van der Waals surface area contributed by atoms with Crippen molar-refractivity contribution in [2.45, 2.75) is 20.4 Å². The highest BCUT2D eigenvalue weighted by atomic mass is 16.5. The maximum Gasteiger partial charge on any atom is 0.246 e. The third-order valence-corrected chi connectivity index (χ3v) is 3.96. The Kier molecular flexibility index (Phi) is 3.81. The average molecular weight is 335 g/mol. The first-order valence-corrected chi connectivity index (χ1v) is 7.93. The van der Waals surface area contributed by atoms with Gasteiger partial charge < -0.3 is 14.3 Å². The van der Waals surface area contributed by atoms with Crippen LogP contribution in [0.4, 0.5) is 5.69 Å². The molecule has 0 bridgehead atoms. The zero-order valence-corrected chi connectivity index (χ0v) is 13.9. The highest BCUT2D eigenvalue weighted by molar-refractivity contribution is 5.55. The van der Waals surface area contributed by atoms with E-state index in [9.17, 15) is 0 Å². The standard InChI is InChI=1S/C18H17N5O2/c1-12-17(13(2)23(21-12)15-6-4-3-5-7-15)19-10-16-20-18(22-25-16)14-8-9-24-11-14/h3-9,11,19H,10H2,1-2H3. The molecule has 7 nitrogen and oxygen atoms in total. The van der Waals surface area contributed by atoms with Crippen LogP contribution in [0.2, 0.25) is 0 Å². The number of anilines is 1. The fourth-order valence-electron chi connectivity index (χ4n) is 2.72. The predicted molar refractivity (Wildman–Crippen MR) is 92.4 cm³/mol. The van der Waals surface area contributed by atoms with Gasteiger partial charge in [0.05, 0.1) is 41.1 Å². The Morgan fingerprint density at radius 2 is 1.96 bits per heavy atom. The van der Waals surface area contributed by atoms with Crippen LogP contribution >= 0.6 is 0 Å². The molecule has 0 fully saturated rings. The summed E-state index contributed by atoms with van der Waals surface area (Å²) in [5.41, 5.74) is 4.72. The number of aryl methyl sites for hydroxylation is 1. The van der Waals surface area contributed by atoms with Gasteiger partial charge in [-0.3, -0.25) is 0 Å². The van der Waals surface area contributed by atoms with Crippen molar-refractivity contribution in [2.24, 2.45) is 0 Å². The zero-order chi connectivity index (χ0) is 17.2. The summed E-state index contributed by atoms with van der Waals surface area (Å²) in [6.07, 6.45) is 3.16. The number of nitrogens with zero attached hydrogens (tertiary/aromatic N) is 4. The van der Waals surface area contributed by atoms with E-state index in [0.717, 1.165) is 28.3 Å². The molecule has 1 N–H and O–H groups in total. The molecule has 4 rings (SSSR count). The van der Waals surface area contributed by atoms with E-state index in [0.29, 0.717) is 18.3 Å². The molecule has 3 heterocycles. The van der Waals surface area contributed by atoms with E-state index in [1.807, 2.05) is 48.9 Å². The van der Waals surface area contributed by atoms with Gasteiger partial charge in [0, 0.05) is 0 Å². The van der Waals surface area contributed by atoms with Crippen LogP contribution in [0, 0.1) is 13.8 Å². The van der Waals surface area contributed by atoms with E-state index >= 15 is 0 Å². The zero-order valence-electron chi connectivity index (χ0n) is 13.9. The lowest BCUT2D eigenvalue weighted by atomic mass is 10.3. The molecule has 0 spiro atoms. The summed E-state index contributed by atoms with van der Waals surface area (Å²) in [4.78, 5) is 4.36. The second-order valence-electron chi connectivity index (χ2n) is 5.67. The number of hydrogen-bond donors (Lipinski definition) is 1. The van der Waals surface area contributed by atoms with Gasteiger partial charge in [-0.05, 0) is 32.0 Å². The molecule has 0 atom stereocenters. The largest absolute Gasteiger partial charge is 0.472 e. The van der Waals surface area contributed by atoms with Crippen molar-refractivity contribution in [2.75, 3.05) is 5.32 Å². The Morgan fingerprint density at radius 3 is 2.72 bits per heavy atom. The van der Waals surface area contributed by atoms with Gasteiger partial charge in [-0.1, -0.05) is 23.4 Å². The smallest absolute Gasteiger partial charge is 0.246 e.